The van der Waals surface area contributed by atoms with Gasteiger partial charge in [0.1, 0.15) is 0 Å². The van der Waals surface area contributed by atoms with E-state index in [1.54, 1.807) is 0 Å². The van der Waals surface area contributed by atoms with Crippen molar-refractivity contribution in [1.29, 1.82) is 0 Å². The molecule has 1 heteroatoms. The molecule has 1 fully saturated rings. The minimum Gasteiger partial charge on any atom is -0.308 e. The Labute approximate surface area is 51.5 Å². The van der Waals surface area contributed by atoms with E-state index in [0.717, 1.165) is 0 Å². The first-order valence-corrected chi connectivity index (χ1v) is 3.21. The maximum Gasteiger partial charge on any atom is 0.0327 e. The molecule has 0 aromatic carbocycles. The zero-order valence-electron chi connectivity index (χ0n) is 6.21. The predicted octanol–water partition coefficient (Wildman–Crippen LogP) is 1.39. The van der Waals surface area contributed by atoms with Gasteiger partial charge < -0.3 is 5.32 Å². The van der Waals surface area contributed by atoms with E-state index in [9.17, 15) is 0 Å². The maximum absolute atomic E-state index is 3.35. The highest BCUT2D eigenvalue weighted by Gasteiger charge is 2.46. The molecule has 0 radical (unpaired) electrons. The predicted molar refractivity (Wildman–Crippen MR) is 35.9 cm³/mol. The first-order valence-electron chi connectivity index (χ1n) is 3.21. The molecule has 0 bridgehead atoms. The lowest BCUT2D eigenvalue weighted by molar-refractivity contribution is 0.309. The van der Waals surface area contributed by atoms with E-state index in [0.29, 0.717) is 11.0 Å². The smallest absolute Gasteiger partial charge is 0.0327 e. The Kier molecular flexibility index (Phi) is 0.965. The fourth-order valence-corrected chi connectivity index (χ4v) is 0.663. The lowest BCUT2D eigenvalue weighted by atomic mass is 9.82. The second-order valence-electron chi connectivity index (χ2n) is 3.94. The summed E-state index contributed by atoms with van der Waals surface area (Å²) in [6, 6.07) is 0. The molecule has 1 unspecified atom stereocenters. The van der Waals surface area contributed by atoms with Crippen LogP contribution in [-0.4, -0.2) is 12.1 Å². The highest BCUT2D eigenvalue weighted by Crippen LogP contribution is 2.36. The normalized spacial score (nSPS) is 37.5. The molecule has 0 aromatic heterocycles. The van der Waals surface area contributed by atoms with E-state index in [4.69, 9.17) is 0 Å². The van der Waals surface area contributed by atoms with E-state index >= 15 is 0 Å². The van der Waals surface area contributed by atoms with Crippen molar-refractivity contribution in [3.63, 3.8) is 0 Å². The van der Waals surface area contributed by atoms with Gasteiger partial charge in [-0.2, -0.15) is 0 Å². The number of nitrogens with one attached hydrogen (secondary N) is 1. The monoisotopic (exact) mass is 113 g/mol. The standard InChI is InChI=1S/C7H15N/c1-6(2,3)7(4)5-8-7/h8H,5H2,1-4H3. The van der Waals surface area contributed by atoms with Gasteiger partial charge >= 0.3 is 0 Å². The molecule has 1 aliphatic rings. The molecule has 1 aliphatic heterocycles. The highest BCUT2D eigenvalue weighted by atomic mass is 15.2. The van der Waals surface area contributed by atoms with Gasteiger partial charge in [-0.1, -0.05) is 20.8 Å². The van der Waals surface area contributed by atoms with Gasteiger partial charge in [0.15, 0.2) is 0 Å². The SMILES string of the molecule is CC(C)(C)C1(C)CN1. The Morgan fingerprint density at radius 1 is 1.38 bits per heavy atom. The van der Waals surface area contributed by atoms with Crippen molar-refractivity contribution < 1.29 is 0 Å². The van der Waals surface area contributed by atoms with Gasteiger partial charge in [-0.25, -0.2) is 0 Å². The molecule has 1 heterocycles. The molecule has 0 aliphatic carbocycles. The second-order valence-corrected chi connectivity index (χ2v) is 3.94. The zero-order chi connectivity index (χ0) is 6.41. The Hall–Kier alpha value is -0.0400. The highest BCUT2D eigenvalue weighted by molar-refractivity contribution is 5.07. The van der Waals surface area contributed by atoms with Crippen LogP contribution in [0.1, 0.15) is 27.7 Å². The fraction of sp³-hybridized carbons (Fsp3) is 1.00. The van der Waals surface area contributed by atoms with E-state index in [-0.39, 0.29) is 0 Å². The van der Waals surface area contributed by atoms with Crippen molar-refractivity contribution in [2.45, 2.75) is 33.2 Å². The van der Waals surface area contributed by atoms with E-state index in [1.165, 1.54) is 6.54 Å². The summed E-state index contributed by atoms with van der Waals surface area (Å²) >= 11 is 0. The largest absolute Gasteiger partial charge is 0.308 e. The number of hydrogen-bond acceptors (Lipinski definition) is 1. The molecule has 1 nitrogen and oxygen atoms in total. The lowest BCUT2D eigenvalue weighted by Gasteiger charge is -2.24. The summed E-state index contributed by atoms with van der Waals surface area (Å²) in [5.74, 6) is 0. The van der Waals surface area contributed by atoms with Crippen LogP contribution in [0.15, 0.2) is 0 Å². The third-order valence-electron chi connectivity index (χ3n) is 2.36. The molecule has 1 N–H and O–H groups in total. The van der Waals surface area contributed by atoms with Crippen LogP contribution < -0.4 is 5.32 Å². The molecular formula is C7H15N. The lowest BCUT2D eigenvalue weighted by Crippen LogP contribution is -2.29. The molecule has 0 aromatic rings. The van der Waals surface area contributed by atoms with Crippen LogP contribution in [-0.2, 0) is 0 Å². The summed E-state index contributed by atoms with van der Waals surface area (Å²) in [5.41, 5.74) is 0.875. The average Bonchev–Trinajstić information content (AvgIpc) is 2.16. The summed E-state index contributed by atoms with van der Waals surface area (Å²) < 4.78 is 0. The fourth-order valence-electron chi connectivity index (χ4n) is 0.663. The molecule has 0 amide bonds. The summed E-state index contributed by atoms with van der Waals surface area (Å²) in [7, 11) is 0. The van der Waals surface area contributed by atoms with Crippen molar-refractivity contribution in [3.05, 3.63) is 0 Å². The van der Waals surface area contributed by atoms with Crippen LogP contribution in [0.4, 0.5) is 0 Å². The molecule has 0 saturated carbocycles. The number of hydrogen-bond donors (Lipinski definition) is 1. The third kappa shape index (κ3) is 0.752. The van der Waals surface area contributed by atoms with Gasteiger partial charge in [0.25, 0.3) is 0 Å². The van der Waals surface area contributed by atoms with Gasteiger partial charge in [0.05, 0.1) is 0 Å². The Morgan fingerprint density at radius 2 is 1.75 bits per heavy atom. The van der Waals surface area contributed by atoms with Crippen LogP contribution in [0.5, 0.6) is 0 Å². The Morgan fingerprint density at radius 3 is 1.75 bits per heavy atom. The van der Waals surface area contributed by atoms with Crippen molar-refractivity contribution in [3.8, 4) is 0 Å². The van der Waals surface area contributed by atoms with Crippen molar-refractivity contribution in [2.75, 3.05) is 6.54 Å². The molecule has 1 rings (SSSR count). The van der Waals surface area contributed by atoms with Gasteiger partial charge in [-0.05, 0) is 12.3 Å². The van der Waals surface area contributed by atoms with Crippen LogP contribution in [0.2, 0.25) is 0 Å². The zero-order valence-corrected chi connectivity index (χ0v) is 6.21. The number of rotatable bonds is 0. The van der Waals surface area contributed by atoms with Crippen LogP contribution >= 0.6 is 0 Å². The Balaban J connectivity index is 2.58. The molecule has 1 saturated heterocycles. The molecule has 8 heavy (non-hydrogen) atoms. The summed E-state index contributed by atoms with van der Waals surface area (Å²) in [4.78, 5) is 0. The van der Waals surface area contributed by atoms with Gasteiger partial charge in [0.2, 0.25) is 0 Å². The quantitative estimate of drug-likeness (QED) is 0.471. The van der Waals surface area contributed by atoms with Gasteiger partial charge in [0, 0.05) is 12.1 Å². The minimum atomic E-state index is 0.438. The second kappa shape index (κ2) is 1.27. The van der Waals surface area contributed by atoms with E-state index in [2.05, 4.69) is 33.0 Å². The Bertz CT molecular complexity index is 92.2. The van der Waals surface area contributed by atoms with Gasteiger partial charge in [-0.3, -0.25) is 0 Å². The van der Waals surface area contributed by atoms with Crippen molar-refractivity contribution in [1.82, 2.24) is 5.32 Å². The van der Waals surface area contributed by atoms with Crippen molar-refractivity contribution in [2.24, 2.45) is 5.41 Å². The molecular weight excluding hydrogens is 98.1 g/mol. The topological polar surface area (TPSA) is 21.9 Å². The average molecular weight is 113 g/mol. The first kappa shape index (κ1) is 6.09. The van der Waals surface area contributed by atoms with Crippen LogP contribution in [0.3, 0.4) is 0 Å². The van der Waals surface area contributed by atoms with Gasteiger partial charge in [-0.15, -0.1) is 0 Å². The first-order chi connectivity index (χ1) is 3.46. The van der Waals surface area contributed by atoms with Crippen LogP contribution in [0.25, 0.3) is 0 Å². The summed E-state index contributed by atoms with van der Waals surface area (Å²) in [6.45, 7) is 10.3. The van der Waals surface area contributed by atoms with E-state index in [1.807, 2.05) is 0 Å². The van der Waals surface area contributed by atoms with E-state index < -0.39 is 0 Å². The maximum atomic E-state index is 3.35. The molecule has 1 atom stereocenters. The molecule has 48 valence electrons. The van der Waals surface area contributed by atoms with Crippen molar-refractivity contribution >= 4 is 0 Å². The third-order valence-corrected chi connectivity index (χ3v) is 2.36. The van der Waals surface area contributed by atoms with Crippen LogP contribution in [0, 0.1) is 5.41 Å². The minimum absolute atomic E-state index is 0.438. The summed E-state index contributed by atoms with van der Waals surface area (Å²) in [5, 5.41) is 3.35. The summed E-state index contributed by atoms with van der Waals surface area (Å²) in [6.07, 6.45) is 0. The molecule has 0 spiro atoms.